The molecule has 0 amide bonds. The van der Waals surface area contributed by atoms with Gasteiger partial charge in [0.25, 0.3) is 0 Å². The molecule has 0 bridgehead atoms. The third kappa shape index (κ3) is 1.60. The van der Waals surface area contributed by atoms with E-state index in [0.717, 1.165) is 12.8 Å². The van der Waals surface area contributed by atoms with Crippen LogP contribution in [0, 0.1) is 0 Å². The number of carboxylic acids is 1. The summed E-state index contributed by atoms with van der Waals surface area (Å²) < 4.78 is 6.67. The van der Waals surface area contributed by atoms with Crippen molar-refractivity contribution in [3.05, 3.63) is 11.9 Å². The van der Waals surface area contributed by atoms with Crippen LogP contribution >= 0.6 is 0 Å². The van der Waals surface area contributed by atoms with Gasteiger partial charge in [-0.2, -0.15) is 0 Å². The zero-order chi connectivity index (χ0) is 9.97. The Labute approximate surface area is 80.5 Å². The lowest BCUT2D eigenvalue weighted by Crippen LogP contribution is -2.23. The number of hydrogen-bond acceptors (Lipinski definition) is 4. The number of ether oxygens (including phenoxy) is 1. The van der Waals surface area contributed by atoms with Crippen molar-refractivity contribution in [2.24, 2.45) is 0 Å². The lowest BCUT2D eigenvalue weighted by Gasteiger charge is -2.22. The summed E-state index contributed by atoms with van der Waals surface area (Å²) in [7, 11) is 0. The Balaban J connectivity index is 2.21. The van der Waals surface area contributed by atoms with Gasteiger partial charge in [-0.25, -0.2) is 9.48 Å². The molecule has 0 aromatic carbocycles. The topological polar surface area (TPSA) is 77.2 Å². The molecule has 0 saturated carbocycles. The lowest BCUT2D eigenvalue weighted by atomic mass is 10.1. The van der Waals surface area contributed by atoms with Crippen molar-refractivity contribution >= 4 is 5.97 Å². The third-order valence-corrected chi connectivity index (χ3v) is 2.33. The van der Waals surface area contributed by atoms with Crippen molar-refractivity contribution in [2.75, 3.05) is 13.2 Å². The van der Waals surface area contributed by atoms with E-state index in [1.54, 1.807) is 0 Å². The third-order valence-electron chi connectivity index (χ3n) is 2.33. The summed E-state index contributed by atoms with van der Waals surface area (Å²) >= 11 is 0. The van der Waals surface area contributed by atoms with Crippen LogP contribution in [0.15, 0.2) is 6.20 Å². The fourth-order valence-electron chi connectivity index (χ4n) is 1.60. The second-order valence-corrected chi connectivity index (χ2v) is 3.21. The molecule has 1 N–H and O–H groups in total. The highest BCUT2D eigenvalue weighted by Crippen LogP contribution is 2.20. The molecule has 2 heterocycles. The predicted molar refractivity (Wildman–Crippen MR) is 46.1 cm³/mol. The highest BCUT2D eigenvalue weighted by Gasteiger charge is 2.21. The van der Waals surface area contributed by atoms with Crippen LogP contribution in [-0.2, 0) is 4.74 Å². The van der Waals surface area contributed by atoms with E-state index in [0.29, 0.717) is 13.2 Å². The summed E-state index contributed by atoms with van der Waals surface area (Å²) in [5, 5.41) is 16.3. The lowest BCUT2D eigenvalue weighted by molar-refractivity contribution is 0.0580. The smallest absolute Gasteiger partial charge is 0.355 e. The molecule has 6 nitrogen and oxygen atoms in total. The molecule has 2 rings (SSSR count). The molecule has 1 saturated heterocycles. The molecule has 1 fully saturated rings. The van der Waals surface area contributed by atoms with Gasteiger partial charge in [-0.05, 0) is 12.8 Å². The fraction of sp³-hybridized carbons (Fsp3) is 0.625. The van der Waals surface area contributed by atoms with Gasteiger partial charge in [-0.3, -0.25) is 0 Å². The molecule has 1 aromatic rings. The van der Waals surface area contributed by atoms with Crippen LogP contribution in [-0.4, -0.2) is 39.3 Å². The molecule has 0 unspecified atom stereocenters. The van der Waals surface area contributed by atoms with Crippen LogP contribution in [0.25, 0.3) is 0 Å². The minimum Gasteiger partial charge on any atom is -0.476 e. The second-order valence-electron chi connectivity index (χ2n) is 3.21. The van der Waals surface area contributed by atoms with E-state index in [4.69, 9.17) is 9.84 Å². The average molecular weight is 197 g/mol. The van der Waals surface area contributed by atoms with E-state index in [9.17, 15) is 4.79 Å². The molecule has 0 atom stereocenters. The van der Waals surface area contributed by atoms with Crippen molar-refractivity contribution in [1.82, 2.24) is 15.0 Å². The standard InChI is InChI=1S/C8H11N3O3/c12-8(13)7-5-9-10-11(7)6-1-3-14-4-2-6/h5-6H,1-4H2,(H,12,13). The minimum absolute atomic E-state index is 0.109. The maximum atomic E-state index is 10.8. The number of carboxylic acid groups (broad SMARTS) is 1. The van der Waals surface area contributed by atoms with E-state index in [1.165, 1.54) is 10.9 Å². The Hall–Kier alpha value is -1.43. The Morgan fingerprint density at radius 1 is 1.57 bits per heavy atom. The van der Waals surface area contributed by atoms with Gasteiger partial charge in [-0.15, -0.1) is 5.10 Å². The van der Waals surface area contributed by atoms with E-state index >= 15 is 0 Å². The Morgan fingerprint density at radius 3 is 2.93 bits per heavy atom. The summed E-state index contributed by atoms with van der Waals surface area (Å²) in [6, 6.07) is 0.109. The number of carbonyl (C=O) groups is 1. The zero-order valence-corrected chi connectivity index (χ0v) is 7.59. The predicted octanol–water partition coefficient (Wildman–Crippen LogP) is 0.328. The first-order chi connectivity index (χ1) is 6.79. The van der Waals surface area contributed by atoms with Gasteiger partial charge in [0.05, 0.1) is 12.2 Å². The van der Waals surface area contributed by atoms with E-state index in [-0.39, 0.29) is 11.7 Å². The summed E-state index contributed by atoms with van der Waals surface area (Å²) in [6.45, 7) is 1.31. The van der Waals surface area contributed by atoms with Gasteiger partial charge < -0.3 is 9.84 Å². The summed E-state index contributed by atoms with van der Waals surface area (Å²) in [6.07, 6.45) is 2.87. The van der Waals surface area contributed by atoms with Crippen molar-refractivity contribution < 1.29 is 14.6 Å². The van der Waals surface area contributed by atoms with E-state index in [1.807, 2.05) is 0 Å². The first kappa shape index (κ1) is 9.14. The quantitative estimate of drug-likeness (QED) is 0.739. The van der Waals surface area contributed by atoms with Gasteiger partial charge in [0.15, 0.2) is 5.69 Å². The molecule has 0 spiro atoms. The fourth-order valence-corrected chi connectivity index (χ4v) is 1.60. The van der Waals surface area contributed by atoms with Crippen molar-refractivity contribution in [1.29, 1.82) is 0 Å². The Bertz CT molecular complexity index is 330. The Kier molecular flexibility index (Phi) is 2.45. The van der Waals surface area contributed by atoms with Gasteiger partial charge in [-0.1, -0.05) is 5.21 Å². The number of rotatable bonds is 2. The molecule has 1 aliphatic heterocycles. The van der Waals surface area contributed by atoms with Gasteiger partial charge in [0.2, 0.25) is 0 Å². The molecular formula is C8H11N3O3. The zero-order valence-electron chi connectivity index (χ0n) is 7.59. The Morgan fingerprint density at radius 2 is 2.29 bits per heavy atom. The SMILES string of the molecule is O=C(O)c1cnnn1C1CCOCC1. The van der Waals surface area contributed by atoms with Crippen molar-refractivity contribution in [3.8, 4) is 0 Å². The van der Waals surface area contributed by atoms with Crippen LogP contribution < -0.4 is 0 Å². The van der Waals surface area contributed by atoms with Crippen LogP contribution in [0.5, 0.6) is 0 Å². The van der Waals surface area contributed by atoms with E-state index in [2.05, 4.69) is 10.3 Å². The van der Waals surface area contributed by atoms with Gasteiger partial charge >= 0.3 is 5.97 Å². The number of nitrogens with zero attached hydrogens (tertiary/aromatic N) is 3. The molecule has 6 heteroatoms. The monoisotopic (exact) mass is 197 g/mol. The average Bonchev–Trinajstić information content (AvgIpc) is 2.67. The van der Waals surface area contributed by atoms with Gasteiger partial charge in [0.1, 0.15) is 0 Å². The first-order valence-electron chi connectivity index (χ1n) is 4.50. The van der Waals surface area contributed by atoms with Crippen LogP contribution in [0.3, 0.4) is 0 Å². The molecular weight excluding hydrogens is 186 g/mol. The van der Waals surface area contributed by atoms with Crippen molar-refractivity contribution in [3.63, 3.8) is 0 Å². The first-order valence-corrected chi connectivity index (χ1v) is 4.50. The molecule has 1 aromatic heterocycles. The molecule has 1 aliphatic rings. The van der Waals surface area contributed by atoms with E-state index < -0.39 is 5.97 Å². The highest BCUT2D eigenvalue weighted by atomic mass is 16.5. The normalized spacial score (nSPS) is 18.3. The minimum atomic E-state index is -0.985. The molecule has 0 radical (unpaired) electrons. The number of aromatic nitrogens is 3. The summed E-state index contributed by atoms with van der Waals surface area (Å²) in [5.41, 5.74) is 0.150. The van der Waals surface area contributed by atoms with Crippen molar-refractivity contribution in [2.45, 2.75) is 18.9 Å². The van der Waals surface area contributed by atoms with Crippen LogP contribution in [0.4, 0.5) is 0 Å². The highest BCUT2D eigenvalue weighted by molar-refractivity contribution is 5.85. The largest absolute Gasteiger partial charge is 0.476 e. The summed E-state index contributed by atoms with van der Waals surface area (Å²) in [5.74, 6) is -0.985. The maximum absolute atomic E-state index is 10.8. The van der Waals surface area contributed by atoms with Crippen LogP contribution in [0.2, 0.25) is 0 Å². The molecule has 76 valence electrons. The van der Waals surface area contributed by atoms with Crippen LogP contribution in [0.1, 0.15) is 29.4 Å². The molecule has 14 heavy (non-hydrogen) atoms. The second kappa shape index (κ2) is 3.75. The summed E-state index contributed by atoms with van der Waals surface area (Å²) in [4.78, 5) is 10.8. The van der Waals surface area contributed by atoms with Gasteiger partial charge in [0, 0.05) is 13.2 Å². The number of aromatic carboxylic acids is 1. The molecule has 0 aliphatic carbocycles. The maximum Gasteiger partial charge on any atom is 0.355 e. The number of hydrogen-bond donors (Lipinski definition) is 1.